The molecule has 1 saturated heterocycles. The molecule has 2 aromatic rings. The summed E-state index contributed by atoms with van der Waals surface area (Å²) in [7, 11) is 0. The second-order valence-corrected chi connectivity index (χ2v) is 9.32. The number of amides is 2. The molecule has 0 bridgehead atoms. The topological polar surface area (TPSA) is 61.4 Å². The van der Waals surface area contributed by atoms with E-state index in [0.717, 1.165) is 32.5 Å². The van der Waals surface area contributed by atoms with Crippen LogP contribution in [0.5, 0.6) is 0 Å². The van der Waals surface area contributed by atoms with Crippen LogP contribution in [-0.4, -0.2) is 42.6 Å². The minimum absolute atomic E-state index is 0.411. The van der Waals surface area contributed by atoms with Crippen LogP contribution in [0.3, 0.4) is 0 Å². The first-order valence-electron chi connectivity index (χ1n) is 11.0. The molecule has 0 spiro atoms. The molecule has 0 aliphatic carbocycles. The Morgan fingerprint density at radius 1 is 1.03 bits per heavy atom. The molecule has 1 aliphatic rings. The van der Waals surface area contributed by atoms with Crippen molar-refractivity contribution in [3.8, 4) is 0 Å². The van der Waals surface area contributed by atoms with Gasteiger partial charge >= 0.3 is 11.8 Å². The Balaban J connectivity index is 1.39. The number of benzene rings is 2. The molecule has 0 atom stereocenters. The number of piperidine rings is 1. The maximum atomic E-state index is 12.2. The third-order valence-corrected chi connectivity index (χ3v) is 6.72. The van der Waals surface area contributed by atoms with Crippen molar-refractivity contribution in [1.29, 1.82) is 0 Å². The lowest BCUT2D eigenvalue weighted by atomic mass is 9.96. The number of carbonyl (C=O) groups is 2. The molecule has 1 heterocycles. The highest BCUT2D eigenvalue weighted by molar-refractivity contribution is 7.98. The van der Waals surface area contributed by atoms with E-state index < -0.39 is 11.8 Å². The van der Waals surface area contributed by atoms with E-state index in [-0.39, 0.29) is 0 Å². The normalized spacial score (nSPS) is 15.1. The van der Waals surface area contributed by atoms with E-state index in [9.17, 15) is 9.59 Å². The molecule has 0 unspecified atom stereocenters. The van der Waals surface area contributed by atoms with Crippen LogP contribution in [0.15, 0.2) is 53.4 Å². The Kier molecular flexibility index (Phi) is 8.55. The summed E-state index contributed by atoms with van der Waals surface area (Å²) in [6.07, 6.45) is 4.17. The number of thioether (sulfide) groups is 1. The van der Waals surface area contributed by atoms with Crippen molar-refractivity contribution in [1.82, 2.24) is 10.2 Å². The van der Waals surface area contributed by atoms with Crippen molar-refractivity contribution in [2.24, 2.45) is 5.92 Å². The van der Waals surface area contributed by atoms with Crippen LogP contribution in [0.2, 0.25) is 0 Å². The first-order valence-corrected chi connectivity index (χ1v) is 12.2. The van der Waals surface area contributed by atoms with Crippen molar-refractivity contribution < 1.29 is 9.59 Å². The first-order chi connectivity index (χ1) is 15.0. The van der Waals surface area contributed by atoms with E-state index in [0.29, 0.717) is 24.1 Å². The monoisotopic (exact) mass is 439 g/mol. The average molecular weight is 440 g/mol. The quantitative estimate of drug-likeness (QED) is 0.493. The number of hydrogen-bond donors (Lipinski definition) is 2. The Labute approximate surface area is 190 Å². The van der Waals surface area contributed by atoms with Gasteiger partial charge in [-0.25, -0.2) is 0 Å². The van der Waals surface area contributed by atoms with Crippen LogP contribution >= 0.6 is 11.8 Å². The Hall–Kier alpha value is -2.31. The molecular weight excluding hydrogens is 406 g/mol. The SMILES string of the molecule is CSc1ccccc1CN1CCC(CNC(=O)C(=O)Nc2ccc(C(C)C)cc2)CC1. The van der Waals surface area contributed by atoms with E-state index in [1.165, 1.54) is 16.0 Å². The number of likely N-dealkylation sites (tertiary alicyclic amines) is 1. The van der Waals surface area contributed by atoms with Crippen molar-refractivity contribution in [2.75, 3.05) is 31.2 Å². The zero-order valence-electron chi connectivity index (χ0n) is 18.7. The molecule has 0 radical (unpaired) electrons. The van der Waals surface area contributed by atoms with Gasteiger partial charge in [0.05, 0.1) is 0 Å². The van der Waals surface area contributed by atoms with Crippen molar-refractivity contribution in [3.63, 3.8) is 0 Å². The van der Waals surface area contributed by atoms with Crippen LogP contribution in [0.4, 0.5) is 5.69 Å². The van der Waals surface area contributed by atoms with Gasteiger partial charge in [0.15, 0.2) is 0 Å². The number of anilines is 1. The maximum absolute atomic E-state index is 12.2. The summed E-state index contributed by atoms with van der Waals surface area (Å²) < 4.78 is 0. The molecule has 1 aliphatic heterocycles. The summed E-state index contributed by atoms with van der Waals surface area (Å²) in [4.78, 5) is 28.2. The summed E-state index contributed by atoms with van der Waals surface area (Å²) in [6.45, 7) is 7.78. The Morgan fingerprint density at radius 2 is 1.71 bits per heavy atom. The van der Waals surface area contributed by atoms with Gasteiger partial charge in [-0.3, -0.25) is 14.5 Å². The molecule has 2 aromatic carbocycles. The minimum atomic E-state index is -0.608. The summed E-state index contributed by atoms with van der Waals surface area (Å²) in [6, 6.07) is 16.2. The molecule has 1 fully saturated rings. The highest BCUT2D eigenvalue weighted by Crippen LogP contribution is 2.24. The summed E-state index contributed by atoms with van der Waals surface area (Å²) in [5, 5.41) is 5.49. The number of nitrogens with zero attached hydrogens (tertiary/aromatic N) is 1. The molecule has 6 heteroatoms. The maximum Gasteiger partial charge on any atom is 0.313 e. The number of nitrogens with one attached hydrogen (secondary N) is 2. The molecule has 2 amide bonds. The zero-order chi connectivity index (χ0) is 22.2. The fourth-order valence-electron chi connectivity index (χ4n) is 3.88. The molecule has 3 rings (SSSR count). The van der Waals surface area contributed by atoms with Crippen molar-refractivity contribution >= 4 is 29.3 Å². The molecular formula is C25H33N3O2S. The molecule has 0 saturated carbocycles. The number of hydrogen-bond acceptors (Lipinski definition) is 4. The average Bonchev–Trinajstić information content (AvgIpc) is 2.79. The van der Waals surface area contributed by atoms with Gasteiger partial charge in [0.25, 0.3) is 0 Å². The van der Waals surface area contributed by atoms with E-state index >= 15 is 0 Å². The molecule has 5 nitrogen and oxygen atoms in total. The molecule has 2 N–H and O–H groups in total. The minimum Gasteiger partial charge on any atom is -0.348 e. The Bertz CT molecular complexity index is 875. The van der Waals surface area contributed by atoms with Crippen LogP contribution < -0.4 is 10.6 Å². The highest BCUT2D eigenvalue weighted by atomic mass is 32.2. The third-order valence-electron chi connectivity index (χ3n) is 5.89. The van der Waals surface area contributed by atoms with Crippen LogP contribution in [0, 0.1) is 5.92 Å². The summed E-state index contributed by atoms with van der Waals surface area (Å²) >= 11 is 1.79. The lowest BCUT2D eigenvalue weighted by Crippen LogP contribution is -2.41. The number of rotatable bonds is 7. The highest BCUT2D eigenvalue weighted by Gasteiger charge is 2.22. The van der Waals surface area contributed by atoms with Gasteiger partial charge in [0, 0.05) is 23.7 Å². The Morgan fingerprint density at radius 3 is 2.35 bits per heavy atom. The first kappa shape index (κ1) is 23.4. The second kappa shape index (κ2) is 11.3. The lowest BCUT2D eigenvalue weighted by Gasteiger charge is -2.32. The molecule has 166 valence electrons. The smallest absolute Gasteiger partial charge is 0.313 e. The predicted octanol–water partition coefficient (Wildman–Crippen LogP) is 4.50. The third kappa shape index (κ3) is 6.84. The van der Waals surface area contributed by atoms with Gasteiger partial charge in [-0.05, 0) is 73.3 Å². The van der Waals surface area contributed by atoms with E-state index in [2.05, 4.69) is 59.9 Å². The van der Waals surface area contributed by atoms with Crippen molar-refractivity contribution in [2.45, 2.75) is 44.0 Å². The van der Waals surface area contributed by atoms with E-state index in [1.807, 2.05) is 24.3 Å². The number of carbonyl (C=O) groups excluding carboxylic acids is 2. The fraction of sp³-hybridized carbons (Fsp3) is 0.440. The van der Waals surface area contributed by atoms with Gasteiger partial charge in [-0.15, -0.1) is 11.8 Å². The fourth-order valence-corrected chi connectivity index (χ4v) is 4.49. The van der Waals surface area contributed by atoms with Crippen LogP contribution in [-0.2, 0) is 16.1 Å². The standard InChI is InChI=1S/C25H33N3O2S/c1-18(2)20-8-10-22(11-9-20)27-25(30)24(29)26-16-19-12-14-28(15-13-19)17-21-6-4-5-7-23(21)31-3/h4-11,18-19H,12-17H2,1-3H3,(H,26,29)(H,27,30). The van der Waals surface area contributed by atoms with Gasteiger partial charge in [-0.2, -0.15) is 0 Å². The van der Waals surface area contributed by atoms with Crippen molar-refractivity contribution in [3.05, 3.63) is 59.7 Å². The lowest BCUT2D eigenvalue weighted by molar-refractivity contribution is -0.136. The second-order valence-electron chi connectivity index (χ2n) is 8.47. The van der Waals surface area contributed by atoms with E-state index in [1.54, 1.807) is 11.8 Å². The molecule has 31 heavy (non-hydrogen) atoms. The van der Waals surface area contributed by atoms with Gasteiger partial charge in [0.1, 0.15) is 0 Å². The van der Waals surface area contributed by atoms with Crippen LogP contribution in [0.25, 0.3) is 0 Å². The van der Waals surface area contributed by atoms with E-state index in [4.69, 9.17) is 0 Å². The predicted molar refractivity (Wildman–Crippen MR) is 128 cm³/mol. The van der Waals surface area contributed by atoms with Gasteiger partial charge in [0.2, 0.25) is 0 Å². The summed E-state index contributed by atoms with van der Waals surface area (Å²) in [5.41, 5.74) is 3.22. The van der Waals surface area contributed by atoms with Gasteiger partial charge in [-0.1, -0.05) is 44.2 Å². The largest absolute Gasteiger partial charge is 0.348 e. The zero-order valence-corrected chi connectivity index (χ0v) is 19.5. The summed E-state index contributed by atoms with van der Waals surface area (Å²) in [5.74, 6) is -0.332. The van der Waals surface area contributed by atoms with Crippen LogP contribution in [0.1, 0.15) is 43.7 Å². The van der Waals surface area contributed by atoms with Gasteiger partial charge < -0.3 is 10.6 Å². The molecule has 0 aromatic heterocycles.